The van der Waals surface area contributed by atoms with Gasteiger partial charge in [0, 0.05) is 25.3 Å². The van der Waals surface area contributed by atoms with E-state index in [1.165, 1.54) is 0 Å². The number of hydrogen-bond acceptors (Lipinski definition) is 5. The Bertz CT molecular complexity index is 543. The maximum Gasteiger partial charge on any atom is 0.234 e. The summed E-state index contributed by atoms with van der Waals surface area (Å²) in [4.78, 5) is 14.2. The highest BCUT2D eigenvalue weighted by Crippen LogP contribution is 2.35. The molecule has 1 saturated heterocycles. The molecule has 3 rings (SSSR count). The molecule has 0 unspecified atom stereocenters. The summed E-state index contributed by atoms with van der Waals surface area (Å²) in [5, 5.41) is 2.97. The molecule has 1 fully saturated rings. The van der Waals surface area contributed by atoms with E-state index < -0.39 is 0 Å². The molecule has 126 valence electrons. The van der Waals surface area contributed by atoms with Gasteiger partial charge in [0.1, 0.15) is 0 Å². The Labute approximate surface area is 136 Å². The third kappa shape index (κ3) is 4.14. The largest absolute Gasteiger partial charge is 0.454 e. The van der Waals surface area contributed by atoms with Crippen molar-refractivity contribution in [2.45, 2.75) is 32.4 Å². The minimum atomic E-state index is 0.0343. The summed E-state index contributed by atoms with van der Waals surface area (Å²) in [6.07, 6.45) is 2.30. The Balaban J connectivity index is 1.51. The molecular formula is C17H24N2O4. The number of benzene rings is 1. The Morgan fingerprint density at radius 2 is 2.30 bits per heavy atom. The Morgan fingerprint density at radius 3 is 3.09 bits per heavy atom. The molecule has 1 aromatic carbocycles. The van der Waals surface area contributed by atoms with E-state index in [0.717, 1.165) is 43.1 Å². The molecule has 0 aromatic heterocycles. The van der Waals surface area contributed by atoms with E-state index in [1.807, 2.05) is 25.1 Å². The number of para-hydroxylation sites is 1. The molecule has 2 aliphatic heterocycles. The first-order valence-electron chi connectivity index (χ1n) is 8.24. The first kappa shape index (κ1) is 16.1. The van der Waals surface area contributed by atoms with Crippen molar-refractivity contribution in [3.05, 3.63) is 23.8 Å². The fraction of sp³-hybridized carbons (Fsp3) is 0.588. The molecular weight excluding hydrogens is 296 g/mol. The van der Waals surface area contributed by atoms with E-state index in [9.17, 15) is 4.79 Å². The molecule has 1 N–H and O–H groups in total. The number of nitrogens with zero attached hydrogens (tertiary/aromatic N) is 1. The van der Waals surface area contributed by atoms with Gasteiger partial charge in [0.15, 0.2) is 11.5 Å². The van der Waals surface area contributed by atoms with E-state index >= 15 is 0 Å². The molecule has 6 nitrogen and oxygen atoms in total. The van der Waals surface area contributed by atoms with Gasteiger partial charge in [0.05, 0.1) is 12.6 Å². The van der Waals surface area contributed by atoms with Gasteiger partial charge in [-0.25, -0.2) is 0 Å². The van der Waals surface area contributed by atoms with Crippen LogP contribution < -0.4 is 14.8 Å². The van der Waals surface area contributed by atoms with Gasteiger partial charge in [-0.15, -0.1) is 0 Å². The lowest BCUT2D eigenvalue weighted by molar-refractivity contribution is -0.122. The van der Waals surface area contributed by atoms with Crippen molar-refractivity contribution in [1.82, 2.24) is 10.2 Å². The summed E-state index contributed by atoms with van der Waals surface area (Å²) >= 11 is 0. The van der Waals surface area contributed by atoms with Crippen LogP contribution in [0.5, 0.6) is 11.5 Å². The maximum absolute atomic E-state index is 12.1. The highest BCUT2D eigenvalue weighted by molar-refractivity contribution is 5.78. The number of ether oxygens (including phenoxy) is 3. The summed E-state index contributed by atoms with van der Waals surface area (Å²) in [7, 11) is 0. The van der Waals surface area contributed by atoms with Crippen molar-refractivity contribution >= 4 is 5.91 Å². The van der Waals surface area contributed by atoms with E-state index in [0.29, 0.717) is 19.6 Å². The van der Waals surface area contributed by atoms with Crippen LogP contribution in [0.15, 0.2) is 18.2 Å². The van der Waals surface area contributed by atoms with E-state index in [4.69, 9.17) is 14.2 Å². The van der Waals surface area contributed by atoms with E-state index in [2.05, 4.69) is 10.2 Å². The van der Waals surface area contributed by atoms with Crippen LogP contribution in [0, 0.1) is 0 Å². The van der Waals surface area contributed by atoms with Crippen LogP contribution in [0.3, 0.4) is 0 Å². The topological polar surface area (TPSA) is 60.0 Å². The Kier molecular flexibility index (Phi) is 5.35. The van der Waals surface area contributed by atoms with Crippen LogP contribution in [-0.2, 0) is 16.1 Å². The third-order valence-corrected chi connectivity index (χ3v) is 4.24. The molecule has 0 spiro atoms. The van der Waals surface area contributed by atoms with Crippen LogP contribution in [0.2, 0.25) is 0 Å². The van der Waals surface area contributed by atoms with Crippen LogP contribution in [0.25, 0.3) is 0 Å². The number of fused-ring (bicyclic) bond motifs is 1. The van der Waals surface area contributed by atoms with E-state index in [1.54, 1.807) is 0 Å². The quantitative estimate of drug-likeness (QED) is 0.826. The van der Waals surface area contributed by atoms with Gasteiger partial charge in [-0.05, 0) is 25.5 Å². The lowest BCUT2D eigenvalue weighted by atomic mass is 10.1. The number of likely N-dealkylation sites (N-methyl/N-ethyl adjacent to an activating group) is 1. The third-order valence-electron chi connectivity index (χ3n) is 4.24. The predicted octanol–water partition coefficient (Wildman–Crippen LogP) is 1.53. The average molecular weight is 320 g/mol. The molecule has 0 aliphatic carbocycles. The minimum Gasteiger partial charge on any atom is -0.454 e. The fourth-order valence-corrected chi connectivity index (χ4v) is 2.93. The minimum absolute atomic E-state index is 0.0343. The zero-order valence-electron chi connectivity index (χ0n) is 13.5. The first-order chi connectivity index (χ1) is 11.3. The van der Waals surface area contributed by atoms with Gasteiger partial charge in [0.25, 0.3) is 0 Å². The standard InChI is InChI=1S/C17H24N2O4/c1-2-19(11-16(20)18-9-14-6-4-8-21-14)10-13-5-3-7-15-17(13)23-12-22-15/h3,5,7,14H,2,4,6,8-12H2,1H3,(H,18,20)/t14-/m0/s1. The molecule has 2 aliphatic rings. The molecule has 0 radical (unpaired) electrons. The highest BCUT2D eigenvalue weighted by Gasteiger charge is 2.20. The van der Waals surface area contributed by atoms with Crippen molar-refractivity contribution in [2.24, 2.45) is 0 Å². The van der Waals surface area contributed by atoms with Crippen LogP contribution >= 0.6 is 0 Å². The number of nitrogens with one attached hydrogen (secondary N) is 1. The van der Waals surface area contributed by atoms with Crippen LogP contribution in [-0.4, -0.2) is 49.9 Å². The van der Waals surface area contributed by atoms with Gasteiger partial charge in [-0.3, -0.25) is 9.69 Å². The molecule has 23 heavy (non-hydrogen) atoms. The highest BCUT2D eigenvalue weighted by atomic mass is 16.7. The van der Waals surface area contributed by atoms with Crippen LogP contribution in [0.4, 0.5) is 0 Å². The number of carbonyl (C=O) groups is 1. The fourth-order valence-electron chi connectivity index (χ4n) is 2.93. The molecule has 6 heteroatoms. The number of amides is 1. The van der Waals surface area contributed by atoms with E-state index in [-0.39, 0.29) is 18.8 Å². The monoisotopic (exact) mass is 320 g/mol. The lowest BCUT2D eigenvalue weighted by Crippen LogP contribution is -2.39. The molecule has 1 aromatic rings. The lowest BCUT2D eigenvalue weighted by Gasteiger charge is -2.21. The van der Waals surface area contributed by atoms with Gasteiger partial charge in [0.2, 0.25) is 12.7 Å². The van der Waals surface area contributed by atoms with Crippen molar-refractivity contribution < 1.29 is 19.0 Å². The average Bonchev–Trinajstić information content (AvgIpc) is 3.23. The number of rotatable bonds is 7. The number of carbonyl (C=O) groups excluding carboxylic acids is 1. The van der Waals surface area contributed by atoms with Gasteiger partial charge in [-0.2, -0.15) is 0 Å². The normalized spacial score (nSPS) is 19.3. The van der Waals surface area contributed by atoms with Crippen molar-refractivity contribution in [2.75, 3.05) is 33.0 Å². The summed E-state index contributed by atoms with van der Waals surface area (Å²) in [5.74, 6) is 1.61. The smallest absolute Gasteiger partial charge is 0.234 e. The summed E-state index contributed by atoms with van der Waals surface area (Å²) < 4.78 is 16.4. The zero-order valence-corrected chi connectivity index (χ0v) is 13.5. The van der Waals surface area contributed by atoms with Gasteiger partial charge in [-0.1, -0.05) is 19.1 Å². The SMILES string of the molecule is CCN(CC(=O)NC[C@@H]1CCCO1)Cc1cccc2c1OCO2. The van der Waals surface area contributed by atoms with Crippen molar-refractivity contribution in [1.29, 1.82) is 0 Å². The molecule has 2 heterocycles. The zero-order chi connectivity index (χ0) is 16.1. The van der Waals surface area contributed by atoms with Gasteiger partial charge < -0.3 is 19.5 Å². The second-order valence-corrected chi connectivity index (χ2v) is 5.89. The molecule has 1 amide bonds. The maximum atomic E-state index is 12.1. The second-order valence-electron chi connectivity index (χ2n) is 5.89. The first-order valence-corrected chi connectivity index (χ1v) is 8.24. The molecule has 1 atom stereocenters. The summed E-state index contributed by atoms with van der Waals surface area (Å²) in [6, 6.07) is 5.87. The van der Waals surface area contributed by atoms with Crippen molar-refractivity contribution in [3.8, 4) is 11.5 Å². The van der Waals surface area contributed by atoms with Crippen LogP contribution in [0.1, 0.15) is 25.3 Å². The number of hydrogen-bond donors (Lipinski definition) is 1. The summed E-state index contributed by atoms with van der Waals surface area (Å²) in [6.45, 7) is 5.55. The predicted molar refractivity (Wildman–Crippen MR) is 85.5 cm³/mol. The van der Waals surface area contributed by atoms with Crippen molar-refractivity contribution in [3.63, 3.8) is 0 Å². The Hall–Kier alpha value is -1.79. The van der Waals surface area contributed by atoms with Gasteiger partial charge >= 0.3 is 0 Å². The Morgan fingerprint density at radius 1 is 1.39 bits per heavy atom. The molecule has 0 bridgehead atoms. The summed E-state index contributed by atoms with van der Waals surface area (Å²) in [5.41, 5.74) is 1.05. The molecule has 0 saturated carbocycles. The second kappa shape index (κ2) is 7.66.